The minimum Gasteiger partial charge on any atom is -0.358 e. The molecule has 0 fully saturated rings. The fourth-order valence-electron chi connectivity index (χ4n) is 2.92. The Morgan fingerprint density at radius 2 is 1.83 bits per heavy atom. The zero-order chi connectivity index (χ0) is 16.4. The van der Waals surface area contributed by atoms with Crippen LogP contribution in [0.2, 0.25) is 0 Å². The fraction of sp³-hybridized carbons (Fsp3) is 0.211. The zero-order valence-electron chi connectivity index (χ0n) is 13.3. The summed E-state index contributed by atoms with van der Waals surface area (Å²) in [5.41, 5.74) is 3.96. The first-order valence-electron chi connectivity index (χ1n) is 7.58. The number of hydrogen-bond donors (Lipinski definition) is 1. The van der Waals surface area contributed by atoms with E-state index in [1.165, 1.54) is 5.56 Å². The number of para-hydroxylation sites is 1. The van der Waals surface area contributed by atoms with E-state index in [1.807, 2.05) is 55.3 Å². The van der Waals surface area contributed by atoms with Crippen molar-refractivity contribution >= 4 is 32.6 Å². The van der Waals surface area contributed by atoms with Gasteiger partial charge < -0.3 is 4.98 Å². The number of halogens is 1. The number of carbonyl (C=O) groups excluding carboxylic acids is 1. The van der Waals surface area contributed by atoms with Crippen molar-refractivity contribution in [1.82, 2.24) is 9.88 Å². The number of likely N-dealkylation sites (N-methyl/N-ethyl adjacent to an activating group) is 1. The number of nitrogens with one attached hydrogen (secondary N) is 1. The Morgan fingerprint density at radius 3 is 2.57 bits per heavy atom. The van der Waals surface area contributed by atoms with E-state index in [2.05, 4.69) is 33.0 Å². The van der Waals surface area contributed by atoms with E-state index in [0.29, 0.717) is 6.54 Å². The van der Waals surface area contributed by atoms with E-state index >= 15 is 0 Å². The maximum Gasteiger partial charge on any atom is 0.179 e. The number of aromatic amines is 1. The van der Waals surface area contributed by atoms with Crippen molar-refractivity contribution in [2.45, 2.75) is 13.5 Å². The largest absolute Gasteiger partial charge is 0.358 e. The van der Waals surface area contributed by atoms with E-state index in [4.69, 9.17) is 0 Å². The third kappa shape index (κ3) is 3.54. The van der Waals surface area contributed by atoms with E-state index < -0.39 is 0 Å². The van der Waals surface area contributed by atoms with Crippen molar-refractivity contribution in [3.63, 3.8) is 0 Å². The Bertz CT molecular complexity index is 836. The highest BCUT2D eigenvalue weighted by Crippen LogP contribution is 2.22. The first-order chi connectivity index (χ1) is 11.0. The summed E-state index contributed by atoms with van der Waals surface area (Å²) in [6, 6.07) is 16.1. The Labute approximate surface area is 144 Å². The zero-order valence-corrected chi connectivity index (χ0v) is 14.9. The molecule has 3 nitrogen and oxygen atoms in total. The highest BCUT2D eigenvalue weighted by molar-refractivity contribution is 9.10. The molecular formula is C19H19BrN2O. The van der Waals surface area contributed by atoms with Gasteiger partial charge in [0.25, 0.3) is 0 Å². The molecule has 3 aromatic rings. The third-order valence-corrected chi connectivity index (χ3v) is 4.48. The summed E-state index contributed by atoms with van der Waals surface area (Å²) < 4.78 is 1.06. The van der Waals surface area contributed by atoms with Crippen LogP contribution >= 0.6 is 15.9 Å². The van der Waals surface area contributed by atoms with Gasteiger partial charge in [-0.1, -0.05) is 46.3 Å². The summed E-state index contributed by atoms with van der Waals surface area (Å²) in [5, 5.41) is 1.01. The minimum atomic E-state index is 0.152. The number of fused-ring (bicyclic) bond motifs is 1. The molecule has 23 heavy (non-hydrogen) atoms. The van der Waals surface area contributed by atoms with Crippen LogP contribution in [-0.2, 0) is 6.54 Å². The predicted octanol–water partition coefficient (Wildman–Crippen LogP) is 4.55. The molecule has 0 radical (unpaired) electrons. The number of hydrogen-bond acceptors (Lipinski definition) is 2. The van der Waals surface area contributed by atoms with Crippen LogP contribution in [0.3, 0.4) is 0 Å². The van der Waals surface area contributed by atoms with Crippen molar-refractivity contribution in [3.8, 4) is 0 Å². The van der Waals surface area contributed by atoms with Crippen LogP contribution in [-0.4, -0.2) is 29.3 Å². The number of Topliss-reactive ketones (excluding diaryl/α,β-unsaturated/α-hetero) is 1. The summed E-state index contributed by atoms with van der Waals surface area (Å²) in [6.45, 7) is 3.11. The second-order valence-electron chi connectivity index (χ2n) is 5.89. The van der Waals surface area contributed by atoms with Crippen LogP contribution in [0.1, 0.15) is 21.6 Å². The Hall–Kier alpha value is -1.91. The molecule has 0 unspecified atom stereocenters. The van der Waals surface area contributed by atoms with Crippen molar-refractivity contribution in [2.24, 2.45) is 0 Å². The number of nitrogens with zero attached hydrogens (tertiary/aromatic N) is 1. The van der Waals surface area contributed by atoms with Gasteiger partial charge in [-0.05, 0) is 37.7 Å². The molecule has 3 rings (SSSR count). The monoisotopic (exact) mass is 370 g/mol. The SMILES string of the molecule is Cc1[nH]c2ccccc2c1C(=O)CN(C)Cc1ccc(Br)cc1. The van der Waals surface area contributed by atoms with Gasteiger partial charge in [0.1, 0.15) is 0 Å². The lowest BCUT2D eigenvalue weighted by molar-refractivity contribution is 0.0944. The van der Waals surface area contributed by atoms with Gasteiger partial charge in [-0.2, -0.15) is 0 Å². The molecule has 0 amide bonds. The summed E-state index contributed by atoms with van der Waals surface area (Å²) in [5.74, 6) is 0.152. The summed E-state index contributed by atoms with van der Waals surface area (Å²) >= 11 is 3.44. The third-order valence-electron chi connectivity index (χ3n) is 3.95. The number of aromatic nitrogens is 1. The fourth-order valence-corrected chi connectivity index (χ4v) is 3.18. The molecule has 0 aliphatic carbocycles. The van der Waals surface area contributed by atoms with Crippen LogP contribution in [0.25, 0.3) is 10.9 Å². The molecule has 0 spiro atoms. The molecule has 0 bridgehead atoms. The summed E-state index contributed by atoms with van der Waals surface area (Å²) in [7, 11) is 1.98. The standard InChI is InChI=1S/C19H19BrN2O/c1-13-19(16-5-3-4-6-17(16)21-13)18(23)12-22(2)11-14-7-9-15(20)10-8-14/h3-10,21H,11-12H2,1-2H3. The van der Waals surface area contributed by atoms with Crippen LogP contribution in [0.4, 0.5) is 0 Å². The van der Waals surface area contributed by atoms with Crippen molar-refractivity contribution in [3.05, 3.63) is 69.8 Å². The van der Waals surface area contributed by atoms with Gasteiger partial charge in [-0.25, -0.2) is 0 Å². The molecule has 1 heterocycles. The quantitative estimate of drug-likeness (QED) is 0.668. The molecule has 4 heteroatoms. The number of benzene rings is 2. The van der Waals surface area contributed by atoms with E-state index in [-0.39, 0.29) is 5.78 Å². The van der Waals surface area contributed by atoms with Crippen LogP contribution < -0.4 is 0 Å². The number of carbonyl (C=O) groups is 1. The first-order valence-corrected chi connectivity index (χ1v) is 8.37. The Morgan fingerprint density at radius 1 is 1.13 bits per heavy atom. The second-order valence-corrected chi connectivity index (χ2v) is 6.81. The average Bonchev–Trinajstić information content (AvgIpc) is 2.85. The van der Waals surface area contributed by atoms with Gasteiger partial charge in [-0.15, -0.1) is 0 Å². The number of rotatable bonds is 5. The van der Waals surface area contributed by atoms with Gasteiger partial charge in [0.2, 0.25) is 0 Å². The predicted molar refractivity (Wildman–Crippen MR) is 97.8 cm³/mol. The molecule has 0 aliphatic heterocycles. The number of aryl methyl sites for hydroxylation is 1. The maximum atomic E-state index is 12.7. The molecule has 1 N–H and O–H groups in total. The number of H-pyrrole nitrogens is 1. The average molecular weight is 371 g/mol. The summed E-state index contributed by atoms with van der Waals surface area (Å²) in [4.78, 5) is 18.1. The van der Waals surface area contributed by atoms with Gasteiger partial charge >= 0.3 is 0 Å². The lowest BCUT2D eigenvalue weighted by Crippen LogP contribution is -2.25. The lowest BCUT2D eigenvalue weighted by atomic mass is 10.1. The molecular weight excluding hydrogens is 352 g/mol. The summed E-state index contributed by atoms with van der Waals surface area (Å²) in [6.07, 6.45) is 0. The van der Waals surface area contributed by atoms with Crippen LogP contribution in [0, 0.1) is 6.92 Å². The first kappa shape index (κ1) is 16.0. The highest BCUT2D eigenvalue weighted by atomic mass is 79.9. The molecule has 118 valence electrons. The topological polar surface area (TPSA) is 36.1 Å². The number of ketones is 1. The smallest absolute Gasteiger partial charge is 0.179 e. The highest BCUT2D eigenvalue weighted by Gasteiger charge is 2.17. The Balaban J connectivity index is 1.75. The van der Waals surface area contributed by atoms with Crippen molar-refractivity contribution in [1.29, 1.82) is 0 Å². The van der Waals surface area contributed by atoms with Gasteiger partial charge in [0.15, 0.2) is 5.78 Å². The van der Waals surface area contributed by atoms with E-state index in [9.17, 15) is 4.79 Å². The van der Waals surface area contributed by atoms with Crippen LogP contribution in [0.15, 0.2) is 53.0 Å². The van der Waals surface area contributed by atoms with Gasteiger partial charge in [-0.3, -0.25) is 9.69 Å². The normalized spacial score (nSPS) is 11.3. The molecule has 2 aromatic carbocycles. The molecule has 1 aromatic heterocycles. The van der Waals surface area contributed by atoms with Crippen molar-refractivity contribution in [2.75, 3.05) is 13.6 Å². The van der Waals surface area contributed by atoms with Crippen LogP contribution in [0.5, 0.6) is 0 Å². The van der Waals surface area contributed by atoms with E-state index in [1.54, 1.807) is 0 Å². The molecule has 0 saturated heterocycles. The minimum absolute atomic E-state index is 0.152. The molecule has 0 saturated carbocycles. The van der Waals surface area contributed by atoms with Gasteiger partial charge in [0, 0.05) is 33.2 Å². The van der Waals surface area contributed by atoms with Gasteiger partial charge in [0.05, 0.1) is 6.54 Å². The lowest BCUT2D eigenvalue weighted by Gasteiger charge is -2.16. The van der Waals surface area contributed by atoms with Crippen molar-refractivity contribution < 1.29 is 4.79 Å². The molecule has 0 atom stereocenters. The maximum absolute atomic E-state index is 12.7. The Kier molecular flexibility index (Phi) is 4.64. The van der Waals surface area contributed by atoms with E-state index in [0.717, 1.165) is 33.2 Å². The molecule has 0 aliphatic rings. The second kappa shape index (κ2) is 6.69.